The van der Waals surface area contributed by atoms with Crippen LogP contribution in [0.3, 0.4) is 0 Å². The minimum atomic E-state index is -0.178. The smallest absolute Gasteiger partial charge is 0.264 e. The van der Waals surface area contributed by atoms with Gasteiger partial charge in [-0.15, -0.1) is 0 Å². The molecular weight excluding hydrogens is 362 g/mol. The van der Waals surface area contributed by atoms with Gasteiger partial charge in [-0.2, -0.15) is 0 Å². The van der Waals surface area contributed by atoms with Crippen LogP contribution < -0.4 is 15.4 Å². The minimum Gasteiger partial charge on any atom is -0.494 e. The summed E-state index contributed by atoms with van der Waals surface area (Å²) in [7, 11) is 0. The first-order valence-electron chi connectivity index (χ1n) is 8.43. The van der Waals surface area contributed by atoms with E-state index < -0.39 is 0 Å². The Morgan fingerprint density at radius 3 is 2.52 bits per heavy atom. The first-order chi connectivity index (χ1) is 13.0. The molecule has 0 atom stereocenters. The highest BCUT2D eigenvalue weighted by atomic mass is 32.2. The van der Waals surface area contributed by atoms with E-state index in [0.717, 1.165) is 11.3 Å². The second-order valence-electron chi connectivity index (χ2n) is 5.71. The first kappa shape index (κ1) is 18.7. The Morgan fingerprint density at radius 2 is 1.89 bits per heavy atom. The number of benzene rings is 2. The van der Waals surface area contributed by atoms with Gasteiger partial charge in [0.05, 0.1) is 17.2 Å². The van der Waals surface area contributed by atoms with Crippen molar-refractivity contribution in [3.05, 3.63) is 59.0 Å². The lowest BCUT2D eigenvalue weighted by atomic mass is 10.2. The maximum absolute atomic E-state index is 12.2. The number of anilines is 1. The highest BCUT2D eigenvalue weighted by Crippen LogP contribution is 2.28. The summed E-state index contributed by atoms with van der Waals surface area (Å²) in [5.41, 5.74) is 2.30. The SMILES string of the molecule is CCOc1ccc(C=C2SC(=Nc3ccc(NC(C)=O)cc3)NC2=O)cc1. The van der Waals surface area contributed by atoms with E-state index in [0.29, 0.717) is 28.1 Å². The quantitative estimate of drug-likeness (QED) is 0.769. The molecule has 3 rings (SSSR count). The van der Waals surface area contributed by atoms with E-state index in [-0.39, 0.29) is 11.8 Å². The molecule has 7 heteroatoms. The summed E-state index contributed by atoms with van der Waals surface area (Å²) in [6.07, 6.45) is 1.82. The van der Waals surface area contributed by atoms with Gasteiger partial charge in [0.15, 0.2) is 5.17 Å². The van der Waals surface area contributed by atoms with Gasteiger partial charge in [0.2, 0.25) is 5.91 Å². The fourth-order valence-electron chi connectivity index (χ4n) is 2.40. The predicted molar refractivity (Wildman–Crippen MR) is 109 cm³/mol. The van der Waals surface area contributed by atoms with E-state index in [9.17, 15) is 9.59 Å². The van der Waals surface area contributed by atoms with Gasteiger partial charge in [-0.05, 0) is 66.7 Å². The zero-order valence-corrected chi connectivity index (χ0v) is 15.8. The number of ether oxygens (including phenoxy) is 1. The Labute approximate surface area is 161 Å². The molecule has 0 unspecified atom stereocenters. The molecule has 0 bridgehead atoms. The molecule has 0 aromatic heterocycles. The Kier molecular flexibility index (Phi) is 5.93. The molecule has 0 aliphatic carbocycles. The second-order valence-corrected chi connectivity index (χ2v) is 6.74. The van der Waals surface area contributed by atoms with Gasteiger partial charge < -0.3 is 15.4 Å². The summed E-state index contributed by atoms with van der Waals surface area (Å²) in [5, 5.41) is 5.98. The molecule has 0 spiro atoms. The molecule has 138 valence electrons. The van der Waals surface area contributed by atoms with Crippen molar-refractivity contribution in [3.8, 4) is 5.75 Å². The Morgan fingerprint density at radius 1 is 1.19 bits per heavy atom. The molecule has 1 fully saturated rings. The molecule has 1 aliphatic heterocycles. The minimum absolute atomic E-state index is 0.128. The number of aliphatic imine (C=N–C) groups is 1. The lowest BCUT2D eigenvalue weighted by Gasteiger charge is -2.02. The highest BCUT2D eigenvalue weighted by molar-refractivity contribution is 8.18. The molecule has 2 N–H and O–H groups in total. The molecule has 6 nitrogen and oxygen atoms in total. The third-order valence-corrected chi connectivity index (χ3v) is 4.47. The largest absolute Gasteiger partial charge is 0.494 e. The molecule has 2 aromatic rings. The predicted octanol–water partition coefficient (Wildman–Crippen LogP) is 3.94. The molecule has 1 saturated heterocycles. The standard InChI is InChI=1S/C20H19N3O3S/c1-3-26-17-10-4-14(5-11-17)12-18-19(25)23-20(27-18)22-16-8-6-15(7-9-16)21-13(2)24/h4-12H,3H2,1-2H3,(H,21,24)(H,22,23,25). The number of carbonyl (C=O) groups is 2. The summed E-state index contributed by atoms with van der Waals surface area (Å²) in [6.45, 7) is 4.00. The lowest BCUT2D eigenvalue weighted by molar-refractivity contribution is -0.115. The lowest BCUT2D eigenvalue weighted by Crippen LogP contribution is -2.19. The van der Waals surface area contributed by atoms with Crippen molar-refractivity contribution in [2.75, 3.05) is 11.9 Å². The number of rotatable bonds is 5. The molecule has 0 saturated carbocycles. The van der Waals surface area contributed by atoms with Crippen LogP contribution in [-0.2, 0) is 9.59 Å². The maximum atomic E-state index is 12.2. The average Bonchev–Trinajstić information content (AvgIpc) is 2.97. The van der Waals surface area contributed by atoms with Crippen LogP contribution in [0.25, 0.3) is 6.08 Å². The van der Waals surface area contributed by atoms with E-state index >= 15 is 0 Å². The number of hydrogen-bond donors (Lipinski definition) is 2. The Hall–Kier alpha value is -3.06. The number of hydrogen-bond acceptors (Lipinski definition) is 5. The second kappa shape index (κ2) is 8.55. The van der Waals surface area contributed by atoms with Crippen molar-refractivity contribution in [3.63, 3.8) is 0 Å². The van der Waals surface area contributed by atoms with Crippen LogP contribution in [-0.4, -0.2) is 23.6 Å². The van der Waals surface area contributed by atoms with Gasteiger partial charge in [0, 0.05) is 12.6 Å². The van der Waals surface area contributed by atoms with Crippen LogP contribution in [0.1, 0.15) is 19.4 Å². The number of nitrogens with one attached hydrogen (secondary N) is 2. The van der Waals surface area contributed by atoms with Crippen molar-refractivity contribution in [1.82, 2.24) is 5.32 Å². The molecule has 1 aliphatic rings. The van der Waals surface area contributed by atoms with E-state index in [1.807, 2.05) is 37.3 Å². The van der Waals surface area contributed by atoms with Gasteiger partial charge in [-0.1, -0.05) is 12.1 Å². The van der Waals surface area contributed by atoms with E-state index in [1.54, 1.807) is 24.3 Å². The van der Waals surface area contributed by atoms with Crippen LogP contribution in [0.4, 0.5) is 11.4 Å². The van der Waals surface area contributed by atoms with Gasteiger partial charge >= 0.3 is 0 Å². The van der Waals surface area contributed by atoms with Crippen molar-refractivity contribution in [2.45, 2.75) is 13.8 Å². The maximum Gasteiger partial charge on any atom is 0.264 e. The number of thioether (sulfide) groups is 1. The van der Waals surface area contributed by atoms with Gasteiger partial charge in [0.25, 0.3) is 5.91 Å². The van der Waals surface area contributed by atoms with E-state index in [2.05, 4.69) is 15.6 Å². The van der Waals surface area contributed by atoms with E-state index in [4.69, 9.17) is 4.74 Å². The molecule has 2 amide bonds. The summed E-state index contributed by atoms with van der Waals surface area (Å²) in [5.74, 6) is 0.493. The molecule has 1 heterocycles. The normalized spacial score (nSPS) is 16.4. The van der Waals surface area contributed by atoms with Crippen molar-refractivity contribution in [1.29, 1.82) is 0 Å². The summed E-state index contributed by atoms with van der Waals surface area (Å²) in [4.78, 5) is 28.2. The zero-order valence-electron chi connectivity index (χ0n) is 15.0. The number of carbonyl (C=O) groups excluding carboxylic acids is 2. The summed E-state index contributed by atoms with van der Waals surface area (Å²) >= 11 is 1.29. The van der Waals surface area contributed by atoms with Crippen LogP contribution >= 0.6 is 11.8 Å². The zero-order chi connectivity index (χ0) is 19.2. The van der Waals surface area contributed by atoms with Crippen molar-refractivity contribution in [2.24, 2.45) is 4.99 Å². The van der Waals surface area contributed by atoms with Crippen LogP contribution in [0.5, 0.6) is 5.75 Å². The number of nitrogens with zero attached hydrogens (tertiary/aromatic N) is 1. The first-order valence-corrected chi connectivity index (χ1v) is 9.25. The fourth-order valence-corrected chi connectivity index (χ4v) is 3.24. The van der Waals surface area contributed by atoms with Crippen molar-refractivity contribution >= 4 is 46.2 Å². The van der Waals surface area contributed by atoms with Crippen molar-refractivity contribution < 1.29 is 14.3 Å². The number of amidine groups is 1. The topological polar surface area (TPSA) is 79.8 Å². The Balaban J connectivity index is 1.70. The third-order valence-electron chi connectivity index (χ3n) is 3.56. The molecular formula is C20H19N3O3S. The average molecular weight is 381 g/mol. The number of amides is 2. The fraction of sp³-hybridized carbons (Fsp3) is 0.150. The molecule has 0 radical (unpaired) electrons. The van der Waals surface area contributed by atoms with Gasteiger partial charge in [-0.3, -0.25) is 9.59 Å². The summed E-state index contributed by atoms with van der Waals surface area (Å²) < 4.78 is 5.42. The van der Waals surface area contributed by atoms with Crippen LogP contribution in [0, 0.1) is 0 Å². The molecule has 2 aromatic carbocycles. The van der Waals surface area contributed by atoms with Crippen LogP contribution in [0.15, 0.2) is 58.4 Å². The monoisotopic (exact) mass is 381 g/mol. The van der Waals surface area contributed by atoms with Gasteiger partial charge in [0.1, 0.15) is 5.75 Å². The van der Waals surface area contributed by atoms with Gasteiger partial charge in [-0.25, -0.2) is 4.99 Å². The summed E-state index contributed by atoms with van der Waals surface area (Å²) in [6, 6.07) is 14.6. The van der Waals surface area contributed by atoms with E-state index in [1.165, 1.54) is 18.7 Å². The highest BCUT2D eigenvalue weighted by Gasteiger charge is 2.23. The molecule has 27 heavy (non-hydrogen) atoms. The Bertz CT molecular complexity index is 903. The third kappa shape index (κ3) is 5.21. The van der Waals surface area contributed by atoms with Crippen LogP contribution in [0.2, 0.25) is 0 Å².